The van der Waals surface area contributed by atoms with Crippen molar-refractivity contribution in [2.24, 2.45) is 5.73 Å². The van der Waals surface area contributed by atoms with Gasteiger partial charge in [-0.1, -0.05) is 22.0 Å². The van der Waals surface area contributed by atoms with E-state index in [0.717, 1.165) is 15.7 Å². The first kappa shape index (κ1) is 16.7. The predicted molar refractivity (Wildman–Crippen MR) is 100 cm³/mol. The van der Waals surface area contributed by atoms with Crippen molar-refractivity contribution >= 4 is 38.8 Å². The molecule has 132 valence electrons. The molecule has 4 rings (SSSR count). The Bertz CT molecular complexity index is 1040. The summed E-state index contributed by atoms with van der Waals surface area (Å²) in [4.78, 5) is 29.6. The molecule has 1 aliphatic rings. The highest BCUT2D eigenvalue weighted by molar-refractivity contribution is 9.10. The first-order chi connectivity index (χ1) is 12.4. The normalized spacial score (nSPS) is 14.5. The first-order valence-corrected chi connectivity index (χ1v) is 8.93. The maximum atomic E-state index is 11.9. The van der Waals surface area contributed by atoms with Crippen LogP contribution in [0.15, 0.2) is 41.0 Å². The number of primary amides is 1. The van der Waals surface area contributed by atoms with Crippen LogP contribution in [-0.2, 0) is 4.79 Å². The third-order valence-corrected chi connectivity index (χ3v) is 5.12. The Balaban J connectivity index is 1.79. The van der Waals surface area contributed by atoms with Crippen LogP contribution < -0.4 is 5.73 Å². The van der Waals surface area contributed by atoms with E-state index in [1.165, 1.54) is 0 Å². The van der Waals surface area contributed by atoms with Crippen molar-refractivity contribution in [3.8, 4) is 5.69 Å². The summed E-state index contributed by atoms with van der Waals surface area (Å²) in [6.45, 7) is 2.88. The molecule has 0 saturated carbocycles. The number of likely N-dealkylation sites (tertiary alicyclic amines) is 1. The SMILES string of the molecule is CC(=O)N1CC(c2cnc3c(c2)c(C(N)=O)nn3-c2cccc(Br)c2)C1. The fourth-order valence-electron chi connectivity index (χ4n) is 3.16. The number of amides is 2. The van der Waals surface area contributed by atoms with Gasteiger partial charge >= 0.3 is 0 Å². The number of aromatic nitrogens is 3. The molecule has 1 saturated heterocycles. The monoisotopic (exact) mass is 413 g/mol. The van der Waals surface area contributed by atoms with E-state index in [1.54, 1.807) is 22.7 Å². The Kier molecular flexibility index (Phi) is 3.99. The van der Waals surface area contributed by atoms with Crippen molar-refractivity contribution in [1.82, 2.24) is 19.7 Å². The van der Waals surface area contributed by atoms with Crippen molar-refractivity contribution in [3.63, 3.8) is 0 Å². The number of carbonyl (C=O) groups is 2. The molecule has 26 heavy (non-hydrogen) atoms. The lowest BCUT2D eigenvalue weighted by molar-refractivity contribution is -0.133. The molecule has 8 heteroatoms. The second-order valence-corrected chi connectivity index (χ2v) is 7.28. The maximum Gasteiger partial charge on any atom is 0.269 e. The summed E-state index contributed by atoms with van der Waals surface area (Å²) in [6, 6.07) is 9.48. The largest absolute Gasteiger partial charge is 0.364 e. The molecular weight excluding hydrogens is 398 g/mol. The van der Waals surface area contributed by atoms with Gasteiger partial charge in [0.05, 0.1) is 11.1 Å². The molecule has 1 aliphatic heterocycles. The van der Waals surface area contributed by atoms with Gasteiger partial charge in [0.1, 0.15) is 0 Å². The van der Waals surface area contributed by atoms with Crippen LogP contribution in [0.3, 0.4) is 0 Å². The number of benzene rings is 1. The first-order valence-electron chi connectivity index (χ1n) is 8.14. The van der Waals surface area contributed by atoms with Crippen molar-refractivity contribution in [2.75, 3.05) is 13.1 Å². The van der Waals surface area contributed by atoms with E-state index < -0.39 is 5.91 Å². The number of nitrogens with zero attached hydrogens (tertiary/aromatic N) is 4. The number of hydrogen-bond acceptors (Lipinski definition) is 4. The highest BCUT2D eigenvalue weighted by atomic mass is 79.9. The van der Waals surface area contributed by atoms with E-state index in [-0.39, 0.29) is 17.5 Å². The van der Waals surface area contributed by atoms with Crippen molar-refractivity contribution in [3.05, 3.63) is 52.3 Å². The molecule has 2 aromatic heterocycles. The van der Waals surface area contributed by atoms with E-state index in [9.17, 15) is 9.59 Å². The second-order valence-electron chi connectivity index (χ2n) is 6.37. The molecule has 0 bridgehead atoms. The van der Waals surface area contributed by atoms with Gasteiger partial charge in [-0.25, -0.2) is 9.67 Å². The molecule has 1 fully saturated rings. The molecule has 7 nitrogen and oxygen atoms in total. The standard InChI is InChI=1S/C18H16BrN5O2/c1-10(25)23-8-12(9-23)11-5-15-16(17(20)26)22-24(18(15)21-7-11)14-4-2-3-13(19)6-14/h2-7,12H,8-9H2,1H3,(H2,20,26). The minimum absolute atomic E-state index is 0.0654. The lowest BCUT2D eigenvalue weighted by atomic mass is 9.92. The predicted octanol–water partition coefficient (Wildman–Crippen LogP) is 2.23. The van der Waals surface area contributed by atoms with Crippen LogP contribution in [0.2, 0.25) is 0 Å². The van der Waals surface area contributed by atoms with Gasteiger partial charge < -0.3 is 10.6 Å². The average Bonchev–Trinajstić information content (AvgIpc) is 2.92. The summed E-state index contributed by atoms with van der Waals surface area (Å²) in [6.07, 6.45) is 1.78. The minimum atomic E-state index is -0.596. The topological polar surface area (TPSA) is 94.1 Å². The number of carbonyl (C=O) groups excluding carboxylic acids is 2. The Hall–Kier alpha value is -2.74. The zero-order valence-corrected chi connectivity index (χ0v) is 15.6. The van der Waals surface area contributed by atoms with Gasteiger partial charge in [0, 0.05) is 36.6 Å². The zero-order chi connectivity index (χ0) is 18.4. The van der Waals surface area contributed by atoms with Gasteiger partial charge in [0.15, 0.2) is 11.3 Å². The van der Waals surface area contributed by atoms with Gasteiger partial charge in [-0.2, -0.15) is 5.10 Å². The van der Waals surface area contributed by atoms with Crippen molar-refractivity contribution in [1.29, 1.82) is 0 Å². The molecule has 0 atom stereocenters. The zero-order valence-electron chi connectivity index (χ0n) is 14.0. The lowest BCUT2D eigenvalue weighted by Gasteiger charge is -2.38. The van der Waals surface area contributed by atoms with Crippen LogP contribution >= 0.6 is 15.9 Å². The molecule has 1 aromatic carbocycles. The van der Waals surface area contributed by atoms with Crippen LogP contribution in [0.25, 0.3) is 16.7 Å². The summed E-state index contributed by atoms with van der Waals surface area (Å²) in [7, 11) is 0. The van der Waals surface area contributed by atoms with E-state index in [2.05, 4.69) is 26.0 Å². The van der Waals surface area contributed by atoms with E-state index >= 15 is 0 Å². The van der Waals surface area contributed by atoms with Crippen LogP contribution in [-0.4, -0.2) is 44.6 Å². The van der Waals surface area contributed by atoms with Crippen LogP contribution in [0.1, 0.15) is 28.9 Å². The van der Waals surface area contributed by atoms with E-state index in [1.807, 2.05) is 30.3 Å². The van der Waals surface area contributed by atoms with Crippen molar-refractivity contribution in [2.45, 2.75) is 12.8 Å². The third kappa shape index (κ3) is 2.76. The summed E-state index contributed by atoms with van der Waals surface area (Å²) in [5.74, 6) is -0.317. The molecule has 2 N–H and O–H groups in total. The fraction of sp³-hybridized carbons (Fsp3) is 0.222. The quantitative estimate of drug-likeness (QED) is 0.711. The molecular formula is C18H16BrN5O2. The van der Waals surface area contributed by atoms with Crippen LogP contribution in [0.5, 0.6) is 0 Å². The number of fused-ring (bicyclic) bond motifs is 1. The molecule has 0 radical (unpaired) electrons. The average molecular weight is 414 g/mol. The highest BCUT2D eigenvalue weighted by Crippen LogP contribution is 2.30. The number of halogens is 1. The second kappa shape index (κ2) is 6.21. The number of nitrogens with two attached hydrogens (primary N) is 1. The maximum absolute atomic E-state index is 11.9. The van der Waals surface area contributed by atoms with Crippen LogP contribution in [0.4, 0.5) is 0 Å². The summed E-state index contributed by atoms with van der Waals surface area (Å²) in [5.41, 5.74) is 8.05. The number of pyridine rings is 1. The highest BCUT2D eigenvalue weighted by Gasteiger charge is 2.31. The molecule has 2 amide bonds. The van der Waals surface area contributed by atoms with Gasteiger partial charge in [-0.05, 0) is 29.8 Å². The fourth-order valence-corrected chi connectivity index (χ4v) is 3.54. The molecule has 0 spiro atoms. The molecule has 3 heterocycles. The van der Waals surface area contributed by atoms with Gasteiger partial charge in [0.2, 0.25) is 5.91 Å². The summed E-state index contributed by atoms with van der Waals surface area (Å²) >= 11 is 3.44. The Morgan fingerprint density at radius 2 is 2.04 bits per heavy atom. The molecule has 0 aliphatic carbocycles. The summed E-state index contributed by atoms with van der Waals surface area (Å²) < 4.78 is 2.52. The smallest absolute Gasteiger partial charge is 0.269 e. The number of hydrogen-bond donors (Lipinski definition) is 1. The van der Waals surface area contributed by atoms with Crippen LogP contribution in [0, 0.1) is 0 Å². The Morgan fingerprint density at radius 3 is 2.69 bits per heavy atom. The Morgan fingerprint density at radius 1 is 1.27 bits per heavy atom. The minimum Gasteiger partial charge on any atom is -0.364 e. The summed E-state index contributed by atoms with van der Waals surface area (Å²) in [5, 5.41) is 5.00. The van der Waals surface area contributed by atoms with Gasteiger partial charge in [0.25, 0.3) is 5.91 Å². The molecule has 0 unspecified atom stereocenters. The van der Waals surface area contributed by atoms with E-state index in [0.29, 0.717) is 24.1 Å². The third-order valence-electron chi connectivity index (χ3n) is 4.63. The molecule has 3 aromatic rings. The van der Waals surface area contributed by atoms with Gasteiger partial charge in [-0.3, -0.25) is 9.59 Å². The van der Waals surface area contributed by atoms with Gasteiger partial charge in [-0.15, -0.1) is 0 Å². The number of rotatable bonds is 3. The lowest BCUT2D eigenvalue weighted by Crippen LogP contribution is -2.47. The van der Waals surface area contributed by atoms with Crippen molar-refractivity contribution < 1.29 is 9.59 Å². The Labute approximate surface area is 157 Å². The van der Waals surface area contributed by atoms with E-state index in [4.69, 9.17) is 5.73 Å².